The number of furan rings is 1. The summed E-state index contributed by atoms with van der Waals surface area (Å²) in [6.07, 6.45) is 0.817. The molecule has 0 saturated carbocycles. The van der Waals surface area contributed by atoms with Gasteiger partial charge in [-0.15, -0.1) is 0 Å². The average Bonchev–Trinajstić information content (AvgIpc) is 3.72. The first-order valence-electron chi connectivity index (χ1n) is 11.9. The second kappa shape index (κ2) is 9.57. The molecular formula is C28H19BrF3N3O4. The molecule has 5 heterocycles. The van der Waals surface area contributed by atoms with E-state index >= 15 is 0 Å². The third kappa shape index (κ3) is 4.26. The van der Waals surface area contributed by atoms with E-state index in [2.05, 4.69) is 30.5 Å². The highest BCUT2D eigenvalue weighted by atomic mass is 79.9. The van der Waals surface area contributed by atoms with E-state index in [0.29, 0.717) is 23.2 Å². The molecule has 1 atom stereocenters. The number of hydrogen-bond donors (Lipinski definition) is 0. The van der Waals surface area contributed by atoms with Gasteiger partial charge in [-0.25, -0.2) is 0 Å². The maximum atomic E-state index is 13.8. The van der Waals surface area contributed by atoms with Crippen LogP contribution in [0.2, 0.25) is 0 Å². The summed E-state index contributed by atoms with van der Waals surface area (Å²) in [5, 5.41) is 5.01. The van der Waals surface area contributed by atoms with Gasteiger partial charge in [0.25, 0.3) is 0 Å². The van der Waals surface area contributed by atoms with Crippen molar-refractivity contribution in [1.29, 1.82) is 0 Å². The summed E-state index contributed by atoms with van der Waals surface area (Å²) < 4.78 is 51.2. The second-order valence-corrected chi connectivity index (χ2v) is 9.63. The molecule has 5 aromatic rings. The van der Waals surface area contributed by atoms with Crippen molar-refractivity contribution < 1.29 is 31.6 Å². The lowest BCUT2D eigenvalue weighted by Crippen LogP contribution is -2.42. The zero-order chi connectivity index (χ0) is 27.2. The molecule has 0 bridgehead atoms. The van der Waals surface area contributed by atoms with Crippen LogP contribution >= 0.6 is 15.9 Å². The average molecular weight is 598 g/mol. The molecule has 3 aromatic heterocycles. The molecule has 1 unspecified atom stereocenters. The van der Waals surface area contributed by atoms with Crippen molar-refractivity contribution in [2.45, 2.75) is 23.5 Å². The van der Waals surface area contributed by atoms with E-state index in [1.165, 1.54) is 6.07 Å². The smallest absolute Gasteiger partial charge is 0.449 e. The van der Waals surface area contributed by atoms with Crippen molar-refractivity contribution in [2.24, 2.45) is 0 Å². The van der Waals surface area contributed by atoms with Gasteiger partial charge in [0.2, 0.25) is 11.7 Å². The Balaban J connectivity index is 0.000000213. The minimum Gasteiger partial charge on any atom is -0.491 e. The Labute approximate surface area is 228 Å². The van der Waals surface area contributed by atoms with Gasteiger partial charge in [0, 0.05) is 35.1 Å². The Bertz CT molecular complexity index is 1670. The van der Waals surface area contributed by atoms with Gasteiger partial charge >= 0.3 is 6.18 Å². The molecule has 2 aliphatic rings. The lowest BCUT2D eigenvalue weighted by molar-refractivity contribution is -0.153. The second-order valence-electron chi connectivity index (χ2n) is 9.07. The molecule has 7 rings (SSSR count). The highest BCUT2D eigenvalue weighted by molar-refractivity contribution is 9.08. The zero-order valence-electron chi connectivity index (χ0n) is 20.1. The van der Waals surface area contributed by atoms with E-state index in [1.54, 1.807) is 18.6 Å². The third-order valence-corrected chi connectivity index (χ3v) is 7.31. The fourth-order valence-corrected chi connectivity index (χ4v) is 5.27. The number of anilines is 1. The number of pyridine rings is 1. The molecule has 2 aliphatic heterocycles. The number of hydrogen-bond acceptors (Lipinski definition) is 6. The number of aromatic nitrogens is 2. The van der Waals surface area contributed by atoms with E-state index in [1.807, 2.05) is 53.4 Å². The molecule has 0 radical (unpaired) electrons. The topological polar surface area (TPSA) is 81.6 Å². The highest BCUT2D eigenvalue weighted by Crippen LogP contribution is 2.53. The Morgan fingerprint density at radius 1 is 1.03 bits per heavy atom. The number of fused-ring (bicyclic) bond motifs is 5. The summed E-state index contributed by atoms with van der Waals surface area (Å²) in [5.41, 5.74) is 3.55. The first-order valence-corrected chi connectivity index (χ1v) is 13.0. The van der Waals surface area contributed by atoms with Gasteiger partial charge in [-0.2, -0.15) is 13.2 Å². The molecule has 39 heavy (non-hydrogen) atoms. The fourth-order valence-electron chi connectivity index (χ4n) is 4.97. The lowest BCUT2D eigenvalue weighted by atomic mass is 9.77. The first kappa shape index (κ1) is 25.2. The zero-order valence-corrected chi connectivity index (χ0v) is 21.7. The third-order valence-electron chi connectivity index (χ3n) is 6.76. The molecule has 0 N–H and O–H groups in total. The largest absolute Gasteiger partial charge is 0.491 e. The number of nitrogens with zero attached hydrogens (tertiary/aromatic N) is 3. The van der Waals surface area contributed by atoms with Crippen LogP contribution in [0.15, 0.2) is 88.2 Å². The quantitative estimate of drug-likeness (QED) is 0.217. The van der Waals surface area contributed by atoms with Crippen molar-refractivity contribution in [1.82, 2.24) is 10.1 Å². The monoisotopic (exact) mass is 597 g/mol. The van der Waals surface area contributed by atoms with Crippen LogP contribution < -0.4 is 9.64 Å². The number of halogens is 4. The predicted molar refractivity (Wildman–Crippen MR) is 138 cm³/mol. The summed E-state index contributed by atoms with van der Waals surface area (Å²) in [7, 11) is 0. The Morgan fingerprint density at radius 3 is 2.59 bits per heavy atom. The summed E-state index contributed by atoms with van der Waals surface area (Å²) in [5.74, 6) is 0.0204. The van der Waals surface area contributed by atoms with Gasteiger partial charge in [0.1, 0.15) is 23.5 Å². The molecule has 0 saturated heterocycles. The maximum Gasteiger partial charge on any atom is 0.449 e. The van der Waals surface area contributed by atoms with Gasteiger partial charge < -0.3 is 18.6 Å². The van der Waals surface area contributed by atoms with Crippen LogP contribution in [0.25, 0.3) is 11.0 Å². The lowest BCUT2D eigenvalue weighted by Gasteiger charge is -2.23. The molecule has 11 heteroatoms. The number of rotatable bonds is 3. The van der Waals surface area contributed by atoms with Crippen molar-refractivity contribution in [2.75, 3.05) is 11.5 Å². The van der Waals surface area contributed by atoms with Crippen LogP contribution in [0.4, 0.5) is 18.9 Å². The summed E-state index contributed by atoms with van der Waals surface area (Å²) >= 11 is 2.98. The number of carbonyl (C=O) groups is 1. The van der Waals surface area contributed by atoms with Gasteiger partial charge in [0.15, 0.2) is 5.58 Å². The highest BCUT2D eigenvalue weighted by Gasteiger charge is 2.57. The fraction of sp³-hybridized carbons (Fsp3) is 0.179. The standard InChI is InChI=1S/C22H15N3O3.C6H4BrF3O/c26-21-22(13-27-20-9-19-15(8-17(20)22)11-24-28-19)16-5-1-2-6-18(16)25(21)12-14-4-3-7-23-10-14;7-3-4-1-2-5(11-4)6(8,9)10/h1-11H,12-13H2;1-2H,3H2. The molecule has 0 fully saturated rings. The number of para-hydroxylation sites is 1. The van der Waals surface area contributed by atoms with Crippen LogP contribution in [0, 0.1) is 0 Å². The van der Waals surface area contributed by atoms with E-state index in [9.17, 15) is 18.0 Å². The Hall–Kier alpha value is -4.12. The summed E-state index contributed by atoms with van der Waals surface area (Å²) in [6, 6.07) is 17.8. The number of ether oxygens (including phenoxy) is 1. The van der Waals surface area contributed by atoms with E-state index in [-0.39, 0.29) is 18.3 Å². The van der Waals surface area contributed by atoms with Gasteiger partial charge in [-0.1, -0.05) is 45.4 Å². The van der Waals surface area contributed by atoms with Crippen LogP contribution in [-0.4, -0.2) is 22.7 Å². The molecule has 7 nitrogen and oxygen atoms in total. The molecule has 2 aromatic carbocycles. The molecule has 1 amide bonds. The SMILES string of the molecule is FC(F)(F)c1ccc(CBr)o1.O=C1N(Cc2cccnc2)c2ccccc2C12COc1cc3oncc3cc12. The van der Waals surface area contributed by atoms with Gasteiger partial charge in [-0.3, -0.25) is 9.78 Å². The molecule has 198 valence electrons. The van der Waals surface area contributed by atoms with Gasteiger partial charge in [-0.05, 0) is 41.5 Å². The van der Waals surface area contributed by atoms with Gasteiger partial charge in [0.05, 0.1) is 18.1 Å². The normalized spacial score (nSPS) is 17.6. The summed E-state index contributed by atoms with van der Waals surface area (Å²) in [4.78, 5) is 19.8. The van der Waals surface area contributed by atoms with Crippen LogP contribution in [0.3, 0.4) is 0 Å². The molecule has 0 aliphatic carbocycles. The molecule has 1 spiro atoms. The maximum absolute atomic E-state index is 13.8. The first-order chi connectivity index (χ1) is 18.8. The van der Waals surface area contributed by atoms with Crippen LogP contribution in [0.1, 0.15) is 28.2 Å². The molecular weight excluding hydrogens is 579 g/mol. The minimum atomic E-state index is -4.37. The van der Waals surface area contributed by atoms with E-state index in [0.717, 1.165) is 33.8 Å². The van der Waals surface area contributed by atoms with E-state index in [4.69, 9.17) is 9.26 Å². The van der Waals surface area contributed by atoms with Crippen molar-refractivity contribution in [3.63, 3.8) is 0 Å². The Kier molecular flexibility index (Phi) is 6.17. The van der Waals surface area contributed by atoms with Crippen LogP contribution in [-0.2, 0) is 28.3 Å². The minimum absolute atomic E-state index is 0.0205. The number of benzene rings is 2. The summed E-state index contributed by atoms with van der Waals surface area (Å²) in [6.45, 7) is 0.748. The van der Waals surface area contributed by atoms with E-state index < -0.39 is 17.4 Å². The van der Waals surface area contributed by atoms with Crippen molar-refractivity contribution >= 4 is 38.5 Å². The number of carbonyl (C=O) groups excluding carboxylic acids is 1. The number of amides is 1. The predicted octanol–water partition coefficient (Wildman–Crippen LogP) is 6.64. The van der Waals surface area contributed by atoms with Crippen molar-refractivity contribution in [3.8, 4) is 5.75 Å². The van der Waals surface area contributed by atoms with Crippen molar-refractivity contribution in [3.05, 3.63) is 107 Å². The van der Waals surface area contributed by atoms with Crippen LogP contribution in [0.5, 0.6) is 5.75 Å². The number of alkyl halides is 4. The Morgan fingerprint density at radius 2 is 1.87 bits per heavy atom.